The largest absolute Gasteiger partial charge is 0.497 e. The number of carbonyl (C=O) groups excluding carboxylic acids is 2. The van der Waals surface area contributed by atoms with Gasteiger partial charge in [0.25, 0.3) is 0 Å². The SMILES string of the molecule is CCCNC(=O)N1CCC2(CC1)CN(C(=O)CC)[C@H](CO)c1c2c2ccc(OC)cc2n1C. The lowest BCUT2D eigenvalue weighted by Gasteiger charge is -2.50. The van der Waals surface area contributed by atoms with Crippen molar-refractivity contribution in [3.05, 3.63) is 29.5 Å². The Bertz CT molecular complexity index is 1040. The number of amides is 3. The second-order valence-electron chi connectivity index (χ2n) is 9.28. The number of nitrogens with one attached hydrogen (secondary N) is 1. The van der Waals surface area contributed by atoms with E-state index < -0.39 is 0 Å². The molecule has 1 aromatic carbocycles. The van der Waals surface area contributed by atoms with Crippen LogP contribution in [0, 0.1) is 0 Å². The van der Waals surface area contributed by atoms with Crippen LogP contribution in [0.15, 0.2) is 18.2 Å². The van der Waals surface area contributed by atoms with Gasteiger partial charge in [0.15, 0.2) is 0 Å². The first-order chi connectivity index (χ1) is 15.9. The predicted octanol–water partition coefficient (Wildman–Crippen LogP) is 2.93. The van der Waals surface area contributed by atoms with Gasteiger partial charge in [0.2, 0.25) is 5.91 Å². The molecule has 0 unspecified atom stereocenters. The van der Waals surface area contributed by atoms with E-state index in [2.05, 4.69) is 16.0 Å². The number of aromatic nitrogens is 1. The Morgan fingerprint density at radius 3 is 2.58 bits per heavy atom. The maximum atomic E-state index is 13.0. The summed E-state index contributed by atoms with van der Waals surface area (Å²) >= 11 is 0. The number of urea groups is 1. The summed E-state index contributed by atoms with van der Waals surface area (Å²) in [5.41, 5.74) is 2.99. The third-order valence-electron chi connectivity index (χ3n) is 7.48. The Balaban J connectivity index is 1.81. The van der Waals surface area contributed by atoms with E-state index in [-0.39, 0.29) is 30.0 Å². The molecule has 0 radical (unpaired) electrons. The number of aliphatic hydroxyl groups is 1. The van der Waals surface area contributed by atoms with Crippen molar-refractivity contribution in [2.45, 2.75) is 51.0 Å². The van der Waals surface area contributed by atoms with E-state index >= 15 is 0 Å². The minimum atomic E-state index is -0.382. The number of rotatable bonds is 5. The lowest BCUT2D eigenvalue weighted by atomic mass is 9.68. The lowest BCUT2D eigenvalue weighted by molar-refractivity contribution is -0.137. The molecule has 0 bridgehead atoms. The monoisotopic (exact) mass is 456 g/mol. The van der Waals surface area contributed by atoms with Crippen molar-refractivity contribution in [2.75, 3.05) is 39.9 Å². The highest BCUT2D eigenvalue weighted by molar-refractivity contribution is 5.89. The number of aryl methyl sites for hydroxylation is 1. The molecule has 1 aromatic heterocycles. The van der Waals surface area contributed by atoms with Gasteiger partial charge in [-0.15, -0.1) is 0 Å². The molecule has 180 valence electrons. The van der Waals surface area contributed by atoms with Crippen LogP contribution in [0.2, 0.25) is 0 Å². The predicted molar refractivity (Wildman–Crippen MR) is 127 cm³/mol. The summed E-state index contributed by atoms with van der Waals surface area (Å²) in [5.74, 6) is 0.823. The van der Waals surface area contributed by atoms with Crippen LogP contribution in [-0.4, -0.2) is 71.3 Å². The van der Waals surface area contributed by atoms with Crippen molar-refractivity contribution in [3.63, 3.8) is 0 Å². The molecular formula is C25H36N4O4. The summed E-state index contributed by atoms with van der Waals surface area (Å²) in [6, 6.07) is 5.70. The molecule has 1 atom stereocenters. The third kappa shape index (κ3) is 3.84. The highest BCUT2D eigenvalue weighted by atomic mass is 16.5. The number of hydrogen-bond acceptors (Lipinski definition) is 4. The van der Waals surface area contributed by atoms with E-state index in [9.17, 15) is 14.7 Å². The van der Waals surface area contributed by atoms with Crippen LogP contribution in [0.25, 0.3) is 10.9 Å². The fraction of sp³-hybridized carbons (Fsp3) is 0.600. The minimum Gasteiger partial charge on any atom is -0.497 e. The molecule has 2 aliphatic rings. The van der Waals surface area contributed by atoms with Crippen LogP contribution in [0.4, 0.5) is 4.79 Å². The second kappa shape index (κ2) is 9.25. The van der Waals surface area contributed by atoms with Gasteiger partial charge in [-0.25, -0.2) is 4.79 Å². The lowest BCUT2D eigenvalue weighted by Crippen LogP contribution is -2.57. The number of hydrogen-bond donors (Lipinski definition) is 2. The number of benzene rings is 1. The maximum absolute atomic E-state index is 13.0. The number of methoxy groups -OCH3 is 1. The van der Waals surface area contributed by atoms with Gasteiger partial charge in [0.05, 0.1) is 25.3 Å². The van der Waals surface area contributed by atoms with Crippen molar-refractivity contribution < 1.29 is 19.4 Å². The molecular weight excluding hydrogens is 420 g/mol. The first-order valence-corrected chi connectivity index (χ1v) is 12.0. The Labute approximate surface area is 195 Å². The number of nitrogens with zero attached hydrogens (tertiary/aromatic N) is 3. The summed E-state index contributed by atoms with van der Waals surface area (Å²) in [6.07, 6.45) is 2.85. The molecule has 1 spiro atoms. The van der Waals surface area contributed by atoms with Crippen LogP contribution >= 0.6 is 0 Å². The fourth-order valence-corrected chi connectivity index (χ4v) is 5.71. The zero-order valence-electron chi connectivity index (χ0n) is 20.2. The van der Waals surface area contributed by atoms with Crippen LogP contribution in [0.3, 0.4) is 0 Å². The number of fused-ring (bicyclic) bond motifs is 4. The average Bonchev–Trinajstić information content (AvgIpc) is 3.15. The zero-order chi connectivity index (χ0) is 23.8. The van der Waals surface area contributed by atoms with Gasteiger partial charge >= 0.3 is 6.03 Å². The van der Waals surface area contributed by atoms with Gasteiger partial charge in [0.1, 0.15) is 5.75 Å². The topological polar surface area (TPSA) is 87.0 Å². The van der Waals surface area contributed by atoms with Gasteiger partial charge in [0, 0.05) is 62.2 Å². The van der Waals surface area contributed by atoms with Crippen LogP contribution in [0.5, 0.6) is 5.75 Å². The number of ether oxygens (including phenoxy) is 1. The van der Waals surface area contributed by atoms with E-state index in [0.717, 1.165) is 41.6 Å². The Hall–Kier alpha value is -2.74. The normalized spacial score (nSPS) is 19.6. The first-order valence-electron chi connectivity index (χ1n) is 12.0. The minimum absolute atomic E-state index is 0.0138. The number of likely N-dealkylation sites (tertiary alicyclic amines) is 1. The molecule has 3 heterocycles. The van der Waals surface area contributed by atoms with Crippen molar-refractivity contribution in [1.82, 2.24) is 19.7 Å². The molecule has 2 aliphatic heterocycles. The summed E-state index contributed by atoms with van der Waals surface area (Å²) in [4.78, 5) is 29.3. The van der Waals surface area contributed by atoms with Gasteiger partial charge in [-0.3, -0.25) is 4.79 Å². The summed E-state index contributed by atoms with van der Waals surface area (Å²) < 4.78 is 7.59. The number of carbonyl (C=O) groups is 2. The zero-order valence-corrected chi connectivity index (χ0v) is 20.2. The summed E-state index contributed by atoms with van der Waals surface area (Å²) in [7, 11) is 3.66. The fourth-order valence-electron chi connectivity index (χ4n) is 5.71. The van der Waals surface area contributed by atoms with Crippen molar-refractivity contribution >= 4 is 22.8 Å². The highest BCUT2D eigenvalue weighted by Gasteiger charge is 2.49. The Kier molecular flexibility index (Phi) is 6.56. The molecule has 4 rings (SSSR count). The molecule has 1 fully saturated rings. The number of piperidine rings is 1. The van der Waals surface area contributed by atoms with Crippen molar-refractivity contribution in [2.24, 2.45) is 7.05 Å². The summed E-state index contributed by atoms with van der Waals surface area (Å²) in [5, 5.41) is 14.5. The van der Waals surface area contributed by atoms with Crippen LogP contribution < -0.4 is 10.1 Å². The molecule has 0 aliphatic carbocycles. The van der Waals surface area contributed by atoms with Gasteiger partial charge in [-0.2, -0.15) is 0 Å². The Morgan fingerprint density at radius 2 is 1.97 bits per heavy atom. The van der Waals surface area contributed by atoms with Crippen molar-refractivity contribution in [1.29, 1.82) is 0 Å². The molecule has 8 heteroatoms. The number of aliphatic hydroxyl groups excluding tert-OH is 1. The van der Waals surface area contributed by atoms with E-state index in [1.165, 1.54) is 5.56 Å². The average molecular weight is 457 g/mol. The molecule has 8 nitrogen and oxygen atoms in total. The van der Waals surface area contributed by atoms with E-state index in [4.69, 9.17) is 4.74 Å². The molecule has 2 aromatic rings. The smallest absolute Gasteiger partial charge is 0.317 e. The molecule has 33 heavy (non-hydrogen) atoms. The van der Waals surface area contributed by atoms with E-state index in [0.29, 0.717) is 32.6 Å². The van der Waals surface area contributed by atoms with Gasteiger partial charge in [-0.1, -0.05) is 13.8 Å². The molecule has 2 N–H and O–H groups in total. The van der Waals surface area contributed by atoms with Crippen molar-refractivity contribution in [3.8, 4) is 5.75 Å². The second-order valence-corrected chi connectivity index (χ2v) is 9.28. The molecule has 0 saturated carbocycles. The van der Waals surface area contributed by atoms with E-state index in [1.54, 1.807) is 7.11 Å². The van der Waals surface area contributed by atoms with Gasteiger partial charge in [-0.05, 0) is 37.0 Å². The highest BCUT2D eigenvalue weighted by Crippen LogP contribution is 2.50. The Morgan fingerprint density at radius 1 is 1.24 bits per heavy atom. The van der Waals surface area contributed by atoms with Crippen LogP contribution in [0.1, 0.15) is 56.8 Å². The standard InChI is InChI=1S/C25H36N4O4/c1-5-11-26-24(32)28-12-9-25(10-13-28)16-29(21(31)6-2)20(15-30)23-22(25)18-8-7-17(33-4)14-19(18)27(23)3/h7-8,14,20,30H,5-6,9-13,15-16H2,1-4H3,(H,26,32)/t20-/m1/s1. The maximum Gasteiger partial charge on any atom is 0.317 e. The summed E-state index contributed by atoms with van der Waals surface area (Å²) in [6.45, 7) is 6.30. The molecule has 3 amide bonds. The quantitative estimate of drug-likeness (QED) is 0.724. The first kappa shape index (κ1) is 23.4. The van der Waals surface area contributed by atoms with Crippen LogP contribution in [-0.2, 0) is 17.3 Å². The van der Waals surface area contributed by atoms with Gasteiger partial charge < -0.3 is 29.5 Å². The van der Waals surface area contributed by atoms with E-state index in [1.807, 2.05) is 42.8 Å². The molecule has 1 saturated heterocycles. The third-order valence-corrected chi connectivity index (χ3v) is 7.48.